The first kappa shape index (κ1) is 16.8. The average Bonchev–Trinajstić information content (AvgIpc) is 2.87. The molecule has 0 bridgehead atoms. The number of aryl methyl sites for hydroxylation is 1. The van der Waals surface area contributed by atoms with Gasteiger partial charge in [0.05, 0.1) is 23.2 Å². The van der Waals surface area contributed by atoms with Crippen LogP contribution in [0.15, 0.2) is 30.3 Å². The van der Waals surface area contributed by atoms with Crippen molar-refractivity contribution in [2.24, 2.45) is 0 Å². The van der Waals surface area contributed by atoms with E-state index in [-0.39, 0.29) is 18.5 Å². The minimum absolute atomic E-state index is 0.174. The molecule has 1 N–H and O–H groups in total. The first-order valence-corrected chi connectivity index (χ1v) is 7.54. The number of nitriles is 1. The van der Waals surface area contributed by atoms with Gasteiger partial charge in [0.2, 0.25) is 0 Å². The van der Waals surface area contributed by atoms with Gasteiger partial charge in [-0.1, -0.05) is 23.7 Å². The molecular weight excluding hydrogens is 314 g/mol. The van der Waals surface area contributed by atoms with Crippen molar-refractivity contribution in [2.75, 3.05) is 12.4 Å². The Hall–Kier alpha value is -2.52. The number of carbonyl (C=O) groups is 1. The lowest BCUT2D eigenvalue weighted by Crippen LogP contribution is -2.38. The summed E-state index contributed by atoms with van der Waals surface area (Å²) in [5.74, 6) is 0.434. The predicted molar refractivity (Wildman–Crippen MR) is 89.8 cm³/mol. The Morgan fingerprint density at radius 2 is 2.22 bits per heavy atom. The van der Waals surface area contributed by atoms with Gasteiger partial charge >= 0.3 is 6.03 Å². The van der Waals surface area contributed by atoms with E-state index in [0.29, 0.717) is 10.8 Å². The van der Waals surface area contributed by atoms with Crippen LogP contribution in [0.1, 0.15) is 19.0 Å². The van der Waals surface area contributed by atoms with Crippen LogP contribution in [0.2, 0.25) is 5.02 Å². The highest BCUT2D eigenvalue weighted by molar-refractivity contribution is 6.32. The predicted octanol–water partition coefficient (Wildman–Crippen LogP) is 3.60. The lowest BCUT2D eigenvalue weighted by molar-refractivity contribution is 0.208. The number of benzene rings is 1. The molecule has 0 radical (unpaired) electrons. The van der Waals surface area contributed by atoms with Gasteiger partial charge in [-0.25, -0.2) is 9.48 Å². The number of halogens is 1. The van der Waals surface area contributed by atoms with Crippen LogP contribution in [-0.2, 0) is 0 Å². The number of urea groups is 1. The third kappa shape index (κ3) is 3.82. The fraction of sp³-hybridized carbons (Fsp3) is 0.312. The summed E-state index contributed by atoms with van der Waals surface area (Å²) in [6.45, 7) is 3.70. The summed E-state index contributed by atoms with van der Waals surface area (Å²) in [7, 11) is 1.65. The van der Waals surface area contributed by atoms with Crippen molar-refractivity contribution in [3.63, 3.8) is 0 Å². The molecule has 6 nitrogen and oxygen atoms in total. The molecule has 7 heteroatoms. The molecule has 120 valence electrons. The molecular formula is C16H18ClN5O. The van der Waals surface area contributed by atoms with Crippen LogP contribution in [-0.4, -0.2) is 33.8 Å². The van der Waals surface area contributed by atoms with E-state index < -0.39 is 0 Å². The van der Waals surface area contributed by atoms with E-state index in [4.69, 9.17) is 16.9 Å². The van der Waals surface area contributed by atoms with Crippen LogP contribution in [0.3, 0.4) is 0 Å². The molecule has 2 amide bonds. The second kappa shape index (κ2) is 7.16. The molecule has 2 aromatic rings. The number of rotatable bonds is 4. The average molecular weight is 332 g/mol. The van der Waals surface area contributed by atoms with Crippen molar-refractivity contribution in [3.05, 3.63) is 41.0 Å². The second-order valence-electron chi connectivity index (χ2n) is 5.29. The Morgan fingerprint density at radius 3 is 2.87 bits per heavy atom. The first-order chi connectivity index (χ1) is 10.9. The number of aromatic nitrogens is 2. The highest BCUT2D eigenvalue weighted by Crippen LogP contribution is 2.22. The zero-order valence-electron chi connectivity index (χ0n) is 13.2. The SMILES string of the molecule is Cc1cc(NC(=O)N(C)[C@@H](C)CC#N)nn1-c1ccccc1Cl. The Labute approximate surface area is 140 Å². The van der Waals surface area contributed by atoms with Crippen LogP contribution in [0.4, 0.5) is 10.6 Å². The van der Waals surface area contributed by atoms with Crippen LogP contribution in [0, 0.1) is 18.3 Å². The fourth-order valence-corrected chi connectivity index (χ4v) is 2.29. The van der Waals surface area contributed by atoms with E-state index in [1.54, 1.807) is 23.9 Å². The Kier molecular flexibility index (Phi) is 5.24. The van der Waals surface area contributed by atoms with Crippen molar-refractivity contribution >= 4 is 23.4 Å². The lowest BCUT2D eigenvalue weighted by atomic mass is 10.2. The maximum Gasteiger partial charge on any atom is 0.323 e. The molecule has 0 aliphatic rings. The number of para-hydroxylation sites is 1. The summed E-state index contributed by atoms with van der Waals surface area (Å²) >= 11 is 6.19. The van der Waals surface area contributed by atoms with Crippen molar-refractivity contribution in [2.45, 2.75) is 26.3 Å². The molecule has 23 heavy (non-hydrogen) atoms. The largest absolute Gasteiger partial charge is 0.324 e. The first-order valence-electron chi connectivity index (χ1n) is 7.16. The molecule has 0 unspecified atom stereocenters. The monoisotopic (exact) mass is 331 g/mol. The third-order valence-electron chi connectivity index (χ3n) is 3.57. The van der Waals surface area contributed by atoms with Crippen LogP contribution >= 0.6 is 11.6 Å². The van der Waals surface area contributed by atoms with E-state index in [0.717, 1.165) is 11.4 Å². The molecule has 0 saturated heterocycles. The summed E-state index contributed by atoms with van der Waals surface area (Å²) in [4.78, 5) is 13.7. The highest BCUT2D eigenvalue weighted by atomic mass is 35.5. The van der Waals surface area contributed by atoms with Crippen LogP contribution < -0.4 is 5.32 Å². The van der Waals surface area contributed by atoms with Crippen molar-refractivity contribution in [1.29, 1.82) is 5.26 Å². The molecule has 1 heterocycles. The van der Waals surface area contributed by atoms with Gasteiger partial charge in [-0.05, 0) is 26.0 Å². The molecule has 1 aromatic carbocycles. The van der Waals surface area contributed by atoms with E-state index in [1.165, 1.54) is 4.90 Å². The van der Waals surface area contributed by atoms with Crippen LogP contribution in [0.25, 0.3) is 5.69 Å². The zero-order valence-corrected chi connectivity index (χ0v) is 14.0. The number of nitrogens with zero attached hydrogens (tertiary/aromatic N) is 4. The Morgan fingerprint density at radius 1 is 1.52 bits per heavy atom. The van der Waals surface area contributed by atoms with Crippen molar-refractivity contribution in [1.82, 2.24) is 14.7 Å². The van der Waals surface area contributed by atoms with E-state index in [9.17, 15) is 4.79 Å². The molecule has 0 aliphatic heterocycles. The van der Waals surface area contributed by atoms with Crippen molar-refractivity contribution in [3.8, 4) is 11.8 Å². The molecule has 1 atom stereocenters. The van der Waals surface area contributed by atoms with Gasteiger partial charge in [-0.3, -0.25) is 5.32 Å². The second-order valence-corrected chi connectivity index (χ2v) is 5.69. The minimum Gasteiger partial charge on any atom is -0.324 e. The van der Waals surface area contributed by atoms with Gasteiger partial charge in [0.1, 0.15) is 0 Å². The molecule has 2 rings (SSSR count). The molecule has 0 aliphatic carbocycles. The smallest absolute Gasteiger partial charge is 0.323 e. The Bertz CT molecular complexity index is 749. The topological polar surface area (TPSA) is 74.0 Å². The summed E-state index contributed by atoms with van der Waals surface area (Å²) in [5.41, 5.74) is 1.60. The standard InChI is InChI=1S/C16H18ClN5O/c1-11(8-9-18)21(3)16(23)19-15-10-12(2)22(20-15)14-7-5-4-6-13(14)17/h4-7,10-11H,8H2,1-3H3,(H,19,20,23)/t11-/m0/s1. The summed E-state index contributed by atoms with van der Waals surface area (Å²) in [6.07, 6.45) is 0.275. The number of anilines is 1. The quantitative estimate of drug-likeness (QED) is 0.930. The number of hydrogen-bond acceptors (Lipinski definition) is 3. The number of nitrogens with one attached hydrogen (secondary N) is 1. The van der Waals surface area contributed by atoms with Gasteiger partial charge in [0.25, 0.3) is 0 Å². The minimum atomic E-state index is -0.309. The summed E-state index contributed by atoms with van der Waals surface area (Å²) < 4.78 is 1.68. The molecule has 1 aromatic heterocycles. The van der Waals surface area contributed by atoms with E-state index in [2.05, 4.69) is 16.5 Å². The molecule has 0 saturated carbocycles. The van der Waals surface area contributed by atoms with Gasteiger partial charge in [0.15, 0.2) is 5.82 Å². The Balaban J connectivity index is 2.18. The van der Waals surface area contributed by atoms with E-state index in [1.807, 2.05) is 32.0 Å². The van der Waals surface area contributed by atoms with Gasteiger partial charge < -0.3 is 4.90 Å². The zero-order chi connectivity index (χ0) is 17.0. The summed E-state index contributed by atoms with van der Waals surface area (Å²) in [6, 6.07) is 10.7. The fourth-order valence-electron chi connectivity index (χ4n) is 2.07. The lowest BCUT2D eigenvalue weighted by Gasteiger charge is -2.22. The number of carbonyl (C=O) groups excluding carboxylic acids is 1. The molecule has 0 fully saturated rings. The van der Waals surface area contributed by atoms with Gasteiger partial charge in [-0.15, -0.1) is 5.10 Å². The molecule has 0 spiro atoms. The third-order valence-corrected chi connectivity index (χ3v) is 3.89. The highest BCUT2D eigenvalue weighted by Gasteiger charge is 2.17. The normalized spacial score (nSPS) is 11.6. The maximum absolute atomic E-state index is 12.2. The number of amides is 2. The number of hydrogen-bond donors (Lipinski definition) is 1. The maximum atomic E-state index is 12.2. The van der Waals surface area contributed by atoms with Gasteiger partial charge in [0, 0.05) is 24.8 Å². The van der Waals surface area contributed by atoms with Crippen molar-refractivity contribution < 1.29 is 4.79 Å². The van der Waals surface area contributed by atoms with Crippen LogP contribution in [0.5, 0.6) is 0 Å². The summed E-state index contributed by atoms with van der Waals surface area (Å²) in [5, 5.41) is 16.4. The van der Waals surface area contributed by atoms with Gasteiger partial charge in [-0.2, -0.15) is 5.26 Å². The van der Waals surface area contributed by atoms with E-state index >= 15 is 0 Å².